The van der Waals surface area contributed by atoms with Gasteiger partial charge in [-0.15, -0.1) is 0 Å². The minimum Gasteiger partial charge on any atom is -0.385 e. The quantitative estimate of drug-likeness (QED) is 0.302. The Hall–Kier alpha value is -0.260. The van der Waals surface area contributed by atoms with E-state index < -0.39 is 0 Å². The number of halogens is 1. The first-order chi connectivity index (χ1) is 4.57. The lowest BCUT2D eigenvalue weighted by atomic mass is 10.2. The van der Waals surface area contributed by atoms with Crippen molar-refractivity contribution in [3.8, 4) is 0 Å². The van der Waals surface area contributed by atoms with Crippen molar-refractivity contribution in [1.29, 1.82) is 5.41 Å². The summed E-state index contributed by atoms with van der Waals surface area (Å²) in [5.74, 6) is 0.599. The summed E-state index contributed by atoms with van der Waals surface area (Å²) in [5, 5.41) is 9.78. The van der Waals surface area contributed by atoms with Gasteiger partial charge in [0.1, 0.15) is 5.82 Å². The Morgan fingerprint density at radius 3 is 2.50 bits per heavy atom. The topological polar surface area (TPSA) is 61.9 Å². The van der Waals surface area contributed by atoms with Crippen molar-refractivity contribution in [3.05, 3.63) is 11.4 Å². The van der Waals surface area contributed by atoms with Crippen molar-refractivity contribution in [2.24, 2.45) is 5.73 Å². The second-order valence-corrected chi connectivity index (χ2v) is 3.07. The normalized spacial score (nSPS) is 12.3. The number of allylic oxidation sites excluding steroid dienone is 1. The Morgan fingerprint density at radius 2 is 2.20 bits per heavy atom. The average molecular weight is 253 g/mol. The molecule has 0 aromatic rings. The molecular formula is C6H12IN3. The van der Waals surface area contributed by atoms with Crippen LogP contribution in [0.2, 0.25) is 0 Å². The summed E-state index contributed by atoms with van der Waals surface area (Å²) in [5.41, 5.74) is 6.64. The molecule has 0 aromatic heterocycles. The van der Waals surface area contributed by atoms with E-state index in [0.717, 1.165) is 12.0 Å². The van der Waals surface area contributed by atoms with E-state index in [9.17, 15) is 0 Å². The molecule has 0 aliphatic carbocycles. The van der Waals surface area contributed by atoms with Gasteiger partial charge in [0.15, 0.2) is 3.84 Å². The standard InChI is InChI=1S/C6H12IN3/c1-3-4(2)5(8)10-6(7)9/h3,8H2,1-2H3,(H2,9,10)/b5-4-. The van der Waals surface area contributed by atoms with Crippen LogP contribution in [0.1, 0.15) is 20.3 Å². The van der Waals surface area contributed by atoms with Gasteiger partial charge in [-0.2, -0.15) is 0 Å². The molecule has 0 heterocycles. The molecule has 58 valence electrons. The molecule has 0 unspecified atom stereocenters. The fourth-order valence-electron chi connectivity index (χ4n) is 0.415. The maximum absolute atomic E-state index is 7.05. The fraction of sp³-hybridized carbons (Fsp3) is 0.500. The van der Waals surface area contributed by atoms with E-state index in [1.807, 2.05) is 36.4 Å². The van der Waals surface area contributed by atoms with Gasteiger partial charge in [-0.1, -0.05) is 6.92 Å². The third kappa shape index (κ3) is 3.71. The van der Waals surface area contributed by atoms with Gasteiger partial charge >= 0.3 is 0 Å². The van der Waals surface area contributed by atoms with Crippen LogP contribution < -0.4 is 11.1 Å². The Morgan fingerprint density at radius 1 is 1.70 bits per heavy atom. The largest absolute Gasteiger partial charge is 0.385 e. The summed E-state index contributed by atoms with van der Waals surface area (Å²) in [6, 6.07) is 0. The van der Waals surface area contributed by atoms with Crippen molar-refractivity contribution in [1.82, 2.24) is 5.32 Å². The molecule has 0 saturated carbocycles. The monoisotopic (exact) mass is 253 g/mol. The third-order valence-corrected chi connectivity index (χ3v) is 1.50. The van der Waals surface area contributed by atoms with Crippen LogP contribution in [0.3, 0.4) is 0 Å². The maximum atomic E-state index is 7.05. The van der Waals surface area contributed by atoms with Gasteiger partial charge in [-0.25, -0.2) is 0 Å². The lowest BCUT2D eigenvalue weighted by molar-refractivity contribution is 0.971. The molecule has 0 aromatic carbocycles. The van der Waals surface area contributed by atoms with Gasteiger partial charge in [0.25, 0.3) is 0 Å². The maximum Gasteiger partial charge on any atom is 0.162 e. The van der Waals surface area contributed by atoms with Gasteiger partial charge in [0.2, 0.25) is 0 Å². The molecule has 10 heavy (non-hydrogen) atoms. The first kappa shape index (κ1) is 9.74. The zero-order chi connectivity index (χ0) is 8.15. The number of rotatable bonds is 2. The number of hydrogen-bond acceptors (Lipinski definition) is 2. The van der Waals surface area contributed by atoms with Gasteiger partial charge in [0, 0.05) is 0 Å². The number of amidine groups is 1. The highest BCUT2D eigenvalue weighted by molar-refractivity contribution is 14.1. The fourth-order valence-corrected chi connectivity index (χ4v) is 0.706. The zero-order valence-corrected chi connectivity index (χ0v) is 8.32. The van der Waals surface area contributed by atoms with Gasteiger partial charge in [0.05, 0.1) is 0 Å². The van der Waals surface area contributed by atoms with E-state index in [1.54, 1.807) is 0 Å². The summed E-state index contributed by atoms with van der Waals surface area (Å²) < 4.78 is 0.350. The minimum atomic E-state index is 0.350. The highest BCUT2D eigenvalue weighted by atomic mass is 127. The van der Waals surface area contributed by atoms with Crippen molar-refractivity contribution in [2.45, 2.75) is 20.3 Å². The van der Waals surface area contributed by atoms with Crippen LogP contribution in [0.25, 0.3) is 0 Å². The van der Waals surface area contributed by atoms with Crippen LogP contribution in [0.5, 0.6) is 0 Å². The van der Waals surface area contributed by atoms with Crippen LogP contribution in [-0.4, -0.2) is 3.84 Å². The molecule has 0 atom stereocenters. The summed E-state index contributed by atoms with van der Waals surface area (Å²) >= 11 is 1.87. The smallest absolute Gasteiger partial charge is 0.162 e. The highest BCUT2D eigenvalue weighted by Crippen LogP contribution is 2.00. The van der Waals surface area contributed by atoms with E-state index >= 15 is 0 Å². The van der Waals surface area contributed by atoms with Gasteiger partial charge in [-0.05, 0) is 41.5 Å². The summed E-state index contributed by atoms with van der Waals surface area (Å²) in [6.45, 7) is 3.97. The van der Waals surface area contributed by atoms with Crippen molar-refractivity contribution < 1.29 is 0 Å². The number of nitrogens with two attached hydrogens (primary N) is 1. The Kier molecular flexibility index (Phi) is 4.42. The molecule has 0 aliphatic rings. The SMILES string of the molecule is CC/C(C)=C(/N)NC(=N)I. The van der Waals surface area contributed by atoms with Gasteiger partial charge < -0.3 is 11.1 Å². The second kappa shape index (κ2) is 4.54. The van der Waals surface area contributed by atoms with Crippen LogP contribution >= 0.6 is 22.6 Å². The van der Waals surface area contributed by atoms with Gasteiger partial charge in [-0.3, -0.25) is 5.41 Å². The van der Waals surface area contributed by atoms with Crippen molar-refractivity contribution >= 4 is 26.4 Å². The number of hydrogen-bond donors (Lipinski definition) is 3. The van der Waals surface area contributed by atoms with Crippen LogP contribution in [0.15, 0.2) is 11.4 Å². The Bertz CT molecular complexity index is 162. The average Bonchev–Trinajstić information content (AvgIpc) is 1.85. The van der Waals surface area contributed by atoms with Crippen LogP contribution in [0, 0.1) is 5.41 Å². The molecule has 0 saturated heterocycles. The van der Waals surface area contributed by atoms with E-state index in [2.05, 4.69) is 5.32 Å². The van der Waals surface area contributed by atoms with E-state index in [1.165, 1.54) is 0 Å². The summed E-state index contributed by atoms with van der Waals surface area (Å²) in [4.78, 5) is 0. The molecule has 0 fully saturated rings. The molecule has 0 amide bonds. The molecule has 0 radical (unpaired) electrons. The van der Waals surface area contributed by atoms with E-state index in [4.69, 9.17) is 11.1 Å². The summed E-state index contributed by atoms with van der Waals surface area (Å²) in [6.07, 6.45) is 0.919. The molecule has 4 heteroatoms. The molecule has 0 aliphatic heterocycles. The molecule has 0 bridgehead atoms. The number of nitrogens with one attached hydrogen (secondary N) is 2. The second-order valence-electron chi connectivity index (χ2n) is 1.99. The Labute approximate surface area is 74.7 Å². The molecule has 4 N–H and O–H groups in total. The van der Waals surface area contributed by atoms with Crippen LogP contribution in [-0.2, 0) is 0 Å². The molecule has 0 spiro atoms. The van der Waals surface area contributed by atoms with Crippen LogP contribution in [0.4, 0.5) is 0 Å². The lowest BCUT2D eigenvalue weighted by Crippen LogP contribution is -2.23. The predicted molar refractivity (Wildman–Crippen MR) is 52.1 cm³/mol. The molecule has 0 rings (SSSR count). The first-order valence-corrected chi connectivity index (χ1v) is 4.12. The highest BCUT2D eigenvalue weighted by Gasteiger charge is 1.94. The van der Waals surface area contributed by atoms with E-state index in [-0.39, 0.29) is 0 Å². The molecule has 3 nitrogen and oxygen atoms in total. The zero-order valence-electron chi connectivity index (χ0n) is 6.16. The summed E-state index contributed by atoms with van der Waals surface area (Å²) in [7, 11) is 0. The van der Waals surface area contributed by atoms with Crippen molar-refractivity contribution in [3.63, 3.8) is 0 Å². The van der Waals surface area contributed by atoms with Crippen molar-refractivity contribution in [2.75, 3.05) is 0 Å². The minimum absolute atomic E-state index is 0.350. The Balaban J connectivity index is 4.04. The first-order valence-electron chi connectivity index (χ1n) is 3.04. The molecular weight excluding hydrogens is 241 g/mol. The predicted octanol–water partition coefficient (Wildman–Crippen LogP) is 1.55. The van der Waals surface area contributed by atoms with E-state index in [0.29, 0.717) is 9.66 Å². The third-order valence-electron chi connectivity index (χ3n) is 1.23. The lowest BCUT2D eigenvalue weighted by Gasteiger charge is -2.05.